The van der Waals surface area contributed by atoms with Crippen molar-refractivity contribution in [1.82, 2.24) is 4.31 Å². The number of sulfonamides is 1. The maximum atomic E-state index is 12.1. The van der Waals surface area contributed by atoms with Crippen molar-refractivity contribution in [3.8, 4) is 0 Å². The molecule has 0 aliphatic carbocycles. The summed E-state index contributed by atoms with van der Waals surface area (Å²) in [5.74, 6) is 0.583. The highest BCUT2D eigenvalue weighted by Gasteiger charge is 2.45. The van der Waals surface area contributed by atoms with Gasteiger partial charge in [0.2, 0.25) is 10.0 Å². The average molecular weight is 330 g/mol. The lowest BCUT2D eigenvalue weighted by Crippen LogP contribution is -2.63. The zero-order valence-corrected chi connectivity index (χ0v) is 13.8. The topological polar surface area (TPSA) is 83.6 Å². The number of hydrogen-bond acceptors (Lipinski definition) is 5. The summed E-state index contributed by atoms with van der Waals surface area (Å²) in [7, 11) is -3.26. The lowest BCUT2D eigenvalue weighted by atomic mass is 9.92. The van der Waals surface area contributed by atoms with Crippen molar-refractivity contribution in [2.24, 2.45) is 0 Å². The summed E-state index contributed by atoms with van der Waals surface area (Å²) in [6.45, 7) is 2.45. The van der Waals surface area contributed by atoms with Gasteiger partial charge >= 0.3 is 0 Å². The van der Waals surface area contributed by atoms with Crippen molar-refractivity contribution in [1.29, 1.82) is 0 Å². The summed E-state index contributed by atoms with van der Waals surface area (Å²) < 4.78 is 25.6. The van der Waals surface area contributed by atoms with Crippen molar-refractivity contribution in [3.63, 3.8) is 0 Å². The standard InChI is InChI=1S/C14H22N2O3S2/c1-2-7-14(17)10-16(11-14)21(18,19)9-8-20-13-5-3-12(15)4-6-13/h3-6,17H,2,7-11,15H2,1H3. The predicted octanol–water partition coefficient (Wildman–Crippen LogP) is 1.54. The van der Waals surface area contributed by atoms with Gasteiger partial charge < -0.3 is 10.8 Å². The third-order valence-corrected chi connectivity index (χ3v) is 6.58. The number of benzene rings is 1. The van der Waals surface area contributed by atoms with Crippen molar-refractivity contribution >= 4 is 27.5 Å². The molecule has 5 nitrogen and oxygen atoms in total. The van der Waals surface area contributed by atoms with Crippen LogP contribution in [0.2, 0.25) is 0 Å². The fourth-order valence-electron chi connectivity index (χ4n) is 2.39. The van der Waals surface area contributed by atoms with E-state index < -0.39 is 15.6 Å². The minimum atomic E-state index is -3.26. The van der Waals surface area contributed by atoms with Crippen LogP contribution in [0.15, 0.2) is 29.2 Å². The molecule has 0 unspecified atom stereocenters. The van der Waals surface area contributed by atoms with E-state index in [0.717, 1.165) is 11.3 Å². The van der Waals surface area contributed by atoms with Gasteiger partial charge in [-0.15, -0.1) is 11.8 Å². The molecular weight excluding hydrogens is 308 g/mol. The van der Waals surface area contributed by atoms with E-state index in [9.17, 15) is 13.5 Å². The van der Waals surface area contributed by atoms with Crippen LogP contribution in [0.25, 0.3) is 0 Å². The maximum Gasteiger partial charge on any atom is 0.215 e. The number of hydrogen-bond donors (Lipinski definition) is 2. The van der Waals surface area contributed by atoms with Gasteiger partial charge in [-0.2, -0.15) is 4.31 Å². The molecule has 3 N–H and O–H groups in total. The number of nitrogens with two attached hydrogens (primary N) is 1. The second kappa shape index (κ2) is 6.56. The van der Waals surface area contributed by atoms with Gasteiger partial charge in [-0.25, -0.2) is 8.42 Å². The average Bonchev–Trinajstić information content (AvgIpc) is 2.38. The molecule has 1 aromatic rings. The Labute approximate surface area is 130 Å². The fraction of sp³-hybridized carbons (Fsp3) is 0.571. The highest BCUT2D eigenvalue weighted by molar-refractivity contribution is 8.00. The van der Waals surface area contributed by atoms with Crippen molar-refractivity contribution in [2.45, 2.75) is 30.3 Å². The molecule has 1 aliphatic rings. The Morgan fingerprint density at radius 3 is 2.52 bits per heavy atom. The normalized spacial score (nSPS) is 18.4. The van der Waals surface area contributed by atoms with Crippen molar-refractivity contribution in [3.05, 3.63) is 24.3 Å². The molecule has 0 radical (unpaired) electrons. The zero-order chi connectivity index (χ0) is 15.5. The van der Waals surface area contributed by atoms with E-state index in [1.165, 1.54) is 16.1 Å². The van der Waals surface area contributed by atoms with E-state index >= 15 is 0 Å². The molecular formula is C14H22N2O3S2. The fourth-order valence-corrected chi connectivity index (χ4v) is 5.26. The van der Waals surface area contributed by atoms with Gasteiger partial charge in [0.05, 0.1) is 11.4 Å². The summed E-state index contributed by atoms with van der Waals surface area (Å²) in [6, 6.07) is 7.38. The number of nitrogens with zero attached hydrogens (tertiary/aromatic N) is 1. The maximum absolute atomic E-state index is 12.1. The molecule has 0 aromatic heterocycles. The van der Waals surface area contributed by atoms with Gasteiger partial charge in [-0.05, 0) is 30.7 Å². The molecule has 7 heteroatoms. The first-order chi connectivity index (χ1) is 9.85. The highest BCUT2D eigenvalue weighted by atomic mass is 32.2. The molecule has 1 fully saturated rings. The van der Waals surface area contributed by atoms with Crippen LogP contribution in [-0.2, 0) is 10.0 Å². The highest BCUT2D eigenvalue weighted by Crippen LogP contribution is 2.29. The Kier molecular flexibility index (Phi) is 5.19. The Hall–Kier alpha value is -0.760. The lowest BCUT2D eigenvalue weighted by Gasteiger charge is -2.45. The van der Waals surface area contributed by atoms with Crippen LogP contribution in [0, 0.1) is 0 Å². The molecule has 0 bridgehead atoms. The number of rotatable bonds is 7. The summed E-state index contributed by atoms with van der Waals surface area (Å²) in [4.78, 5) is 1.01. The third kappa shape index (κ3) is 4.35. The summed E-state index contributed by atoms with van der Waals surface area (Å²) >= 11 is 1.49. The van der Waals surface area contributed by atoms with E-state index in [-0.39, 0.29) is 18.8 Å². The molecule has 1 aromatic carbocycles. The van der Waals surface area contributed by atoms with Gasteiger partial charge in [0, 0.05) is 29.4 Å². The van der Waals surface area contributed by atoms with Gasteiger partial charge in [0.15, 0.2) is 0 Å². The molecule has 0 atom stereocenters. The second-order valence-electron chi connectivity index (χ2n) is 5.48. The number of thioether (sulfide) groups is 1. The molecule has 21 heavy (non-hydrogen) atoms. The molecule has 0 saturated carbocycles. The summed E-state index contributed by atoms with van der Waals surface area (Å²) in [5, 5.41) is 10.1. The quantitative estimate of drug-likeness (QED) is 0.585. The Bertz CT molecular complexity index is 566. The number of β-amino-alcohol motifs (C(OH)–C–C–N with tert-alkyl or cyclic N) is 1. The zero-order valence-electron chi connectivity index (χ0n) is 12.2. The SMILES string of the molecule is CCCC1(O)CN(S(=O)(=O)CCSc2ccc(N)cc2)C1. The largest absolute Gasteiger partial charge is 0.399 e. The summed E-state index contributed by atoms with van der Waals surface area (Å²) in [6.07, 6.45) is 1.51. The number of nitrogen functional groups attached to an aromatic ring is 1. The Morgan fingerprint density at radius 2 is 1.95 bits per heavy atom. The minimum absolute atomic E-state index is 0.0875. The van der Waals surface area contributed by atoms with E-state index in [0.29, 0.717) is 17.9 Å². The van der Waals surface area contributed by atoms with Gasteiger partial charge in [-0.3, -0.25) is 0 Å². The van der Waals surface area contributed by atoms with E-state index in [1.54, 1.807) is 12.1 Å². The van der Waals surface area contributed by atoms with Gasteiger partial charge in [0.1, 0.15) is 0 Å². The first-order valence-electron chi connectivity index (χ1n) is 7.03. The summed E-state index contributed by atoms with van der Waals surface area (Å²) in [5.41, 5.74) is 5.49. The number of anilines is 1. The van der Waals surface area contributed by atoms with Crippen LogP contribution in [0.5, 0.6) is 0 Å². The predicted molar refractivity (Wildman–Crippen MR) is 86.8 cm³/mol. The first-order valence-corrected chi connectivity index (χ1v) is 9.63. The van der Waals surface area contributed by atoms with Gasteiger partial charge in [-0.1, -0.05) is 13.3 Å². The molecule has 1 saturated heterocycles. The molecule has 1 heterocycles. The van der Waals surface area contributed by atoms with E-state index in [1.807, 2.05) is 19.1 Å². The smallest absolute Gasteiger partial charge is 0.215 e. The molecule has 1 aliphatic heterocycles. The molecule has 118 valence electrons. The third-order valence-electron chi connectivity index (χ3n) is 3.54. The van der Waals surface area contributed by atoms with Crippen LogP contribution >= 0.6 is 11.8 Å². The van der Waals surface area contributed by atoms with E-state index in [2.05, 4.69) is 0 Å². The lowest BCUT2D eigenvalue weighted by molar-refractivity contribution is -0.0652. The molecule has 2 rings (SSSR count). The van der Waals surface area contributed by atoms with Crippen molar-refractivity contribution in [2.75, 3.05) is 30.3 Å². The van der Waals surface area contributed by atoms with Crippen molar-refractivity contribution < 1.29 is 13.5 Å². The van der Waals surface area contributed by atoms with Crippen LogP contribution < -0.4 is 5.73 Å². The van der Waals surface area contributed by atoms with Crippen LogP contribution in [-0.4, -0.2) is 48.0 Å². The van der Waals surface area contributed by atoms with Gasteiger partial charge in [0.25, 0.3) is 0 Å². The Morgan fingerprint density at radius 1 is 1.33 bits per heavy atom. The van der Waals surface area contributed by atoms with Crippen LogP contribution in [0.1, 0.15) is 19.8 Å². The Balaban J connectivity index is 1.79. The van der Waals surface area contributed by atoms with E-state index in [4.69, 9.17) is 5.73 Å². The van der Waals surface area contributed by atoms with Crippen LogP contribution in [0.3, 0.4) is 0 Å². The molecule has 0 spiro atoms. The first kappa shape index (κ1) is 16.6. The van der Waals surface area contributed by atoms with Crippen LogP contribution in [0.4, 0.5) is 5.69 Å². The molecule has 0 amide bonds. The number of aliphatic hydroxyl groups is 1. The minimum Gasteiger partial charge on any atom is -0.399 e. The second-order valence-corrected chi connectivity index (χ2v) is 8.73. The monoisotopic (exact) mass is 330 g/mol.